The molecule has 27 heavy (non-hydrogen) atoms. The fourth-order valence-electron chi connectivity index (χ4n) is 3.14. The number of rotatable bonds is 5. The average molecular weight is 363 g/mol. The Kier molecular flexibility index (Phi) is 5.32. The minimum atomic E-state index is -0.486. The number of nitrogens with zero attached hydrogens (tertiary/aromatic N) is 2. The fourth-order valence-corrected chi connectivity index (χ4v) is 3.14. The predicted molar refractivity (Wildman–Crippen MR) is 105 cm³/mol. The molecule has 0 aliphatic heterocycles. The quantitative estimate of drug-likeness (QED) is 0.677. The first-order chi connectivity index (χ1) is 13.1. The number of carbonyl (C=O) groups is 1. The molecule has 0 bridgehead atoms. The molecule has 0 fully saturated rings. The minimum Gasteiger partial charge on any atom is -0.508 e. The third-order valence-corrected chi connectivity index (χ3v) is 4.32. The zero-order chi connectivity index (χ0) is 19.4. The molecule has 0 spiro atoms. The first-order valence-electron chi connectivity index (χ1n) is 8.88. The Morgan fingerprint density at radius 1 is 1.22 bits per heavy atom. The molecule has 0 aliphatic rings. The summed E-state index contributed by atoms with van der Waals surface area (Å²) < 4.78 is 7.02. The number of carbonyl (C=O) groups excluding carboxylic acids is 1. The van der Waals surface area contributed by atoms with Crippen LogP contribution < -0.4 is 5.32 Å². The number of hydrogen-bond acceptors (Lipinski definition) is 4. The van der Waals surface area contributed by atoms with Crippen LogP contribution in [0, 0.1) is 11.3 Å². The number of nitrogens with one attached hydrogen (secondary N) is 1. The van der Waals surface area contributed by atoms with Crippen molar-refractivity contribution >= 4 is 22.7 Å². The molecule has 0 unspecified atom stereocenters. The van der Waals surface area contributed by atoms with E-state index in [2.05, 4.69) is 11.4 Å². The van der Waals surface area contributed by atoms with Gasteiger partial charge in [0.2, 0.25) is 0 Å². The second-order valence-corrected chi connectivity index (χ2v) is 6.12. The van der Waals surface area contributed by atoms with Crippen LogP contribution >= 0.6 is 0 Å². The number of hydrogen-bond donors (Lipinski definition) is 2. The summed E-state index contributed by atoms with van der Waals surface area (Å²) in [6, 6.07) is 14.6. The Balaban J connectivity index is 2.00. The number of phenolic OH excluding ortho intramolecular Hbond substituents is 1. The van der Waals surface area contributed by atoms with Crippen molar-refractivity contribution in [3.8, 4) is 23.1 Å². The van der Waals surface area contributed by atoms with Gasteiger partial charge < -0.3 is 14.4 Å². The molecule has 1 aromatic heterocycles. The van der Waals surface area contributed by atoms with Gasteiger partial charge in [-0.3, -0.25) is 5.32 Å². The Morgan fingerprint density at radius 2 is 1.96 bits per heavy atom. The van der Waals surface area contributed by atoms with Gasteiger partial charge in [0.25, 0.3) is 0 Å². The molecule has 3 aromatic rings. The average Bonchev–Trinajstić information content (AvgIpc) is 2.99. The lowest BCUT2D eigenvalue weighted by molar-refractivity contribution is 0.161. The number of aromatic hydroxyl groups is 1. The number of phenols is 1. The molecular formula is C21H21N3O3. The molecule has 6 heteroatoms. The van der Waals surface area contributed by atoms with Crippen LogP contribution in [-0.4, -0.2) is 22.4 Å². The number of aromatic nitrogens is 1. The SMILES string of the molecule is CCCOC(=O)Nc1ccc(-c2c(C#N)c3ccc(O)cc3n2CC)cc1. The maximum Gasteiger partial charge on any atom is 0.411 e. The van der Waals surface area contributed by atoms with Gasteiger partial charge in [0, 0.05) is 23.7 Å². The normalized spacial score (nSPS) is 10.6. The summed E-state index contributed by atoms with van der Waals surface area (Å²) in [7, 11) is 0. The van der Waals surface area contributed by atoms with Crippen molar-refractivity contribution in [1.82, 2.24) is 4.57 Å². The summed E-state index contributed by atoms with van der Waals surface area (Å²) in [6.45, 7) is 4.95. The molecule has 0 aliphatic carbocycles. The molecule has 6 nitrogen and oxygen atoms in total. The first kappa shape index (κ1) is 18.3. The lowest BCUT2D eigenvalue weighted by Crippen LogP contribution is -2.13. The third kappa shape index (κ3) is 3.58. The van der Waals surface area contributed by atoms with Crippen LogP contribution in [-0.2, 0) is 11.3 Å². The maximum absolute atomic E-state index is 11.7. The Morgan fingerprint density at radius 3 is 2.59 bits per heavy atom. The van der Waals surface area contributed by atoms with Gasteiger partial charge in [-0.05, 0) is 43.2 Å². The van der Waals surface area contributed by atoms with Crippen molar-refractivity contribution in [3.63, 3.8) is 0 Å². The van der Waals surface area contributed by atoms with Crippen molar-refractivity contribution in [2.24, 2.45) is 0 Å². The largest absolute Gasteiger partial charge is 0.508 e. The van der Waals surface area contributed by atoms with E-state index in [9.17, 15) is 15.2 Å². The van der Waals surface area contributed by atoms with Gasteiger partial charge in [-0.15, -0.1) is 0 Å². The Labute approximate surface area is 157 Å². The van der Waals surface area contributed by atoms with Crippen LogP contribution in [0.3, 0.4) is 0 Å². The number of benzene rings is 2. The molecule has 138 valence electrons. The monoisotopic (exact) mass is 363 g/mol. The summed E-state index contributed by atoms with van der Waals surface area (Å²) >= 11 is 0. The highest BCUT2D eigenvalue weighted by atomic mass is 16.5. The standard InChI is InChI=1S/C21H21N3O3/c1-3-11-27-21(26)23-15-7-5-14(6-8-15)20-18(13-22)17-10-9-16(25)12-19(17)24(20)4-2/h5-10,12,25H,3-4,11H2,1-2H3,(H,23,26). The van der Waals surface area contributed by atoms with Gasteiger partial charge >= 0.3 is 6.09 Å². The second kappa shape index (κ2) is 7.83. The summed E-state index contributed by atoms with van der Waals surface area (Å²) in [4.78, 5) is 11.7. The van der Waals surface area contributed by atoms with Crippen molar-refractivity contribution in [2.75, 3.05) is 11.9 Å². The van der Waals surface area contributed by atoms with Gasteiger partial charge in [-0.2, -0.15) is 5.26 Å². The van der Waals surface area contributed by atoms with Crippen LogP contribution in [0.5, 0.6) is 5.75 Å². The zero-order valence-electron chi connectivity index (χ0n) is 15.3. The number of fused-ring (bicyclic) bond motifs is 1. The number of aryl methyl sites for hydroxylation is 1. The van der Waals surface area contributed by atoms with Gasteiger partial charge in [0.1, 0.15) is 11.8 Å². The van der Waals surface area contributed by atoms with E-state index in [1.807, 2.05) is 30.5 Å². The fraction of sp³-hybridized carbons (Fsp3) is 0.238. The van der Waals surface area contributed by atoms with E-state index in [-0.39, 0.29) is 5.75 Å². The summed E-state index contributed by atoms with van der Waals surface area (Å²) in [5, 5.41) is 23.0. The van der Waals surface area contributed by atoms with Crippen molar-refractivity contribution in [2.45, 2.75) is 26.8 Å². The molecule has 0 saturated heterocycles. The van der Waals surface area contributed by atoms with Crippen molar-refractivity contribution in [3.05, 3.63) is 48.0 Å². The van der Waals surface area contributed by atoms with Gasteiger partial charge in [0.05, 0.1) is 23.4 Å². The lowest BCUT2D eigenvalue weighted by atomic mass is 10.1. The first-order valence-corrected chi connectivity index (χ1v) is 8.88. The number of amides is 1. The molecule has 1 heterocycles. The van der Waals surface area contributed by atoms with Crippen LogP contribution in [0.1, 0.15) is 25.8 Å². The van der Waals surface area contributed by atoms with Gasteiger partial charge in [-0.1, -0.05) is 19.1 Å². The molecular weight excluding hydrogens is 342 g/mol. The highest BCUT2D eigenvalue weighted by molar-refractivity contribution is 5.95. The lowest BCUT2D eigenvalue weighted by Gasteiger charge is -2.10. The highest BCUT2D eigenvalue weighted by Crippen LogP contribution is 2.35. The summed E-state index contributed by atoms with van der Waals surface area (Å²) in [6.07, 6.45) is 0.279. The van der Waals surface area contributed by atoms with E-state index in [4.69, 9.17) is 4.74 Å². The van der Waals surface area contributed by atoms with E-state index < -0.39 is 6.09 Å². The maximum atomic E-state index is 11.7. The Bertz CT molecular complexity index is 1010. The smallest absolute Gasteiger partial charge is 0.411 e. The van der Waals surface area contributed by atoms with Gasteiger partial charge in [-0.25, -0.2) is 4.79 Å². The third-order valence-electron chi connectivity index (χ3n) is 4.32. The molecule has 0 saturated carbocycles. The van der Waals surface area contributed by atoms with Gasteiger partial charge in [0.15, 0.2) is 0 Å². The topological polar surface area (TPSA) is 87.3 Å². The molecule has 2 N–H and O–H groups in total. The zero-order valence-corrected chi connectivity index (χ0v) is 15.3. The van der Waals surface area contributed by atoms with E-state index in [0.29, 0.717) is 24.4 Å². The molecule has 2 aromatic carbocycles. The van der Waals surface area contributed by atoms with Crippen LogP contribution in [0.4, 0.5) is 10.5 Å². The minimum absolute atomic E-state index is 0.163. The highest BCUT2D eigenvalue weighted by Gasteiger charge is 2.18. The van der Waals surface area contributed by atoms with Crippen molar-refractivity contribution in [1.29, 1.82) is 5.26 Å². The number of nitriles is 1. The van der Waals surface area contributed by atoms with E-state index in [1.54, 1.807) is 30.3 Å². The van der Waals surface area contributed by atoms with Crippen LogP contribution in [0.2, 0.25) is 0 Å². The van der Waals surface area contributed by atoms with E-state index >= 15 is 0 Å². The number of ether oxygens (including phenoxy) is 1. The predicted octanol–water partition coefficient (Wildman–Crippen LogP) is 4.86. The molecule has 3 rings (SSSR count). The van der Waals surface area contributed by atoms with E-state index in [0.717, 1.165) is 28.6 Å². The molecule has 0 atom stereocenters. The number of anilines is 1. The summed E-state index contributed by atoms with van der Waals surface area (Å²) in [5.41, 5.74) is 3.65. The molecule has 0 radical (unpaired) electrons. The van der Waals surface area contributed by atoms with Crippen molar-refractivity contribution < 1.29 is 14.6 Å². The molecule has 1 amide bonds. The second-order valence-electron chi connectivity index (χ2n) is 6.12. The van der Waals surface area contributed by atoms with E-state index in [1.165, 1.54) is 0 Å². The Hall–Kier alpha value is -3.46. The summed E-state index contributed by atoms with van der Waals surface area (Å²) in [5.74, 6) is 0.163. The van der Waals surface area contributed by atoms with Crippen LogP contribution in [0.15, 0.2) is 42.5 Å². The van der Waals surface area contributed by atoms with Crippen LogP contribution in [0.25, 0.3) is 22.2 Å².